The number of nitrogens with one attached hydrogen (secondary N) is 1. The van der Waals surface area contributed by atoms with E-state index in [2.05, 4.69) is 38.0 Å². The molecular weight excluding hydrogens is 364 g/mol. The second kappa shape index (κ2) is 8.14. The molecule has 0 spiro atoms. The Morgan fingerprint density at radius 3 is 2.95 bits per heavy atom. The molecule has 2 rings (SSSR count). The summed E-state index contributed by atoms with van der Waals surface area (Å²) in [5.74, 6) is 1.47. The summed E-state index contributed by atoms with van der Waals surface area (Å²) in [5.41, 5.74) is 0.781. The van der Waals surface area contributed by atoms with Crippen LogP contribution in [0, 0.1) is 6.92 Å². The number of aromatic nitrogens is 3. The van der Waals surface area contributed by atoms with Crippen molar-refractivity contribution in [2.75, 3.05) is 11.1 Å². The highest BCUT2D eigenvalue weighted by molar-refractivity contribution is 9.10. The number of amides is 1. The zero-order valence-electron chi connectivity index (χ0n) is 12.3. The Kier molecular flexibility index (Phi) is 6.21. The van der Waals surface area contributed by atoms with Gasteiger partial charge in [-0.3, -0.25) is 4.79 Å². The lowest BCUT2D eigenvalue weighted by Gasteiger charge is -2.07. The number of nitrogens with zero attached hydrogens (tertiary/aromatic N) is 3. The van der Waals surface area contributed by atoms with E-state index in [4.69, 9.17) is 0 Å². The average Bonchev–Trinajstić information content (AvgIpc) is 2.83. The van der Waals surface area contributed by atoms with E-state index in [0.29, 0.717) is 18.7 Å². The Balaban J connectivity index is 1.85. The molecular formula is C15H17BrN4OS. The van der Waals surface area contributed by atoms with Crippen molar-refractivity contribution in [3.63, 3.8) is 0 Å². The summed E-state index contributed by atoms with van der Waals surface area (Å²) in [6.07, 6.45) is 2.21. The third-order valence-corrected chi connectivity index (χ3v) is 4.58. The molecule has 0 bridgehead atoms. The van der Waals surface area contributed by atoms with Gasteiger partial charge in [-0.15, -0.1) is 16.8 Å². The van der Waals surface area contributed by atoms with Crippen LogP contribution < -0.4 is 5.32 Å². The first-order chi connectivity index (χ1) is 10.6. The fourth-order valence-electron chi connectivity index (χ4n) is 1.82. The number of anilines is 1. The molecule has 1 N–H and O–H groups in total. The molecule has 0 radical (unpaired) electrons. The quantitative estimate of drug-likeness (QED) is 0.588. The topological polar surface area (TPSA) is 59.8 Å². The minimum absolute atomic E-state index is 0.0223. The molecule has 0 unspecified atom stereocenters. The molecule has 1 amide bonds. The summed E-state index contributed by atoms with van der Waals surface area (Å²) in [7, 11) is 0. The predicted octanol–water partition coefficient (Wildman–Crippen LogP) is 3.66. The highest BCUT2D eigenvalue weighted by Crippen LogP contribution is 2.22. The fraction of sp³-hybridized carbons (Fsp3) is 0.267. The third-order valence-electron chi connectivity index (χ3n) is 2.92. The zero-order chi connectivity index (χ0) is 15.9. The van der Waals surface area contributed by atoms with Crippen molar-refractivity contribution in [2.45, 2.75) is 25.0 Å². The number of halogens is 1. The summed E-state index contributed by atoms with van der Waals surface area (Å²) in [6, 6.07) is 7.55. The normalized spacial score (nSPS) is 10.5. The molecule has 7 heteroatoms. The van der Waals surface area contributed by atoms with Gasteiger partial charge < -0.3 is 9.88 Å². The van der Waals surface area contributed by atoms with Gasteiger partial charge in [0.1, 0.15) is 5.82 Å². The molecule has 0 aliphatic heterocycles. The van der Waals surface area contributed by atoms with E-state index in [0.717, 1.165) is 21.1 Å². The minimum atomic E-state index is -0.0223. The number of aryl methyl sites for hydroxylation is 1. The predicted molar refractivity (Wildman–Crippen MR) is 93.1 cm³/mol. The lowest BCUT2D eigenvalue weighted by Crippen LogP contribution is -2.12. The van der Waals surface area contributed by atoms with Gasteiger partial charge in [0.15, 0.2) is 5.16 Å². The van der Waals surface area contributed by atoms with Crippen molar-refractivity contribution in [1.29, 1.82) is 0 Å². The van der Waals surface area contributed by atoms with Crippen molar-refractivity contribution in [2.24, 2.45) is 0 Å². The number of carbonyl (C=O) groups excluding carboxylic acids is 1. The molecule has 0 saturated heterocycles. The maximum atomic E-state index is 12.0. The van der Waals surface area contributed by atoms with Crippen molar-refractivity contribution >= 4 is 39.3 Å². The zero-order valence-corrected chi connectivity index (χ0v) is 14.7. The molecule has 0 aliphatic rings. The third kappa shape index (κ3) is 4.45. The molecule has 1 heterocycles. The number of hydrogen-bond acceptors (Lipinski definition) is 4. The number of thioether (sulfide) groups is 1. The SMILES string of the molecule is C=CCn1c(C)nnc1SCCC(=O)Nc1ccccc1Br. The highest BCUT2D eigenvalue weighted by Gasteiger charge is 2.10. The van der Waals surface area contributed by atoms with Gasteiger partial charge in [0.25, 0.3) is 0 Å². The summed E-state index contributed by atoms with van der Waals surface area (Å²) in [6.45, 7) is 6.30. The van der Waals surface area contributed by atoms with Crippen LogP contribution >= 0.6 is 27.7 Å². The van der Waals surface area contributed by atoms with Crippen LogP contribution in [0.5, 0.6) is 0 Å². The maximum Gasteiger partial charge on any atom is 0.225 e. The minimum Gasteiger partial charge on any atom is -0.325 e. The van der Waals surface area contributed by atoms with E-state index in [1.165, 1.54) is 11.8 Å². The number of rotatable bonds is 7. The number of allylic oxidation sites excluding steroid dienone is 1. The molecule has 116 valence electrons. The molecule has 22 heavy (non-hydrogen) atoms. The van der Waals surface area contributed by atoms with Gasteiger partial charge in [-0.2, -0.15) is 0 Å². The Hall–Kier alpha value is -1.60. The number of carbonyl (C=O) groups is 1. The van der Waals surface area contributed by atoms with Crippen LogP contribution in [0.1, 0.15) is 12.2 Å². The Labute approximate surface area is 142 Å². The largest absolute Gasteiger partial charge is 0.325 e. The summed E-state index contributed by atoms with van der Waals surface area (Å²) in [4.78, 5) is 12.0. The Morgan fingerprint density at radius 1 is 1.45 bits per heavy atom. The van der Waals surface area contributed by atoms with Gasteiger partial charge in [-0.25, -0.2) is 0 Å². The van der Waals surface area contributed by atoms with E-state index in [9.17, 15) is 4.79 Å². The Morgan fingerprint density at radius 2 is 2.23 bits per heavy atom. The van der Waals surface area contributed by atoms with Crippen molar-refractivity contribution in [3.8, 4) is 0 Å². The lowest BCUT2D eigenvalue weighted by atomic mass is 10.3. The standard InChI is InChI=1S/C15H17BrN4OS/c1-3-9-20-11(2)18-19-15(20)22-10-8-14(21)17-13-7-5-4-6-12(13)16/h3-7H,1,8-10H2,2H3,(H,17,21). The monoisotopic (exact) mass is 380 g/mol. The van der Waals surface area contributed by atoms with E-state index in [1.807, 2.05) is 35.8 Å². The molecule has 0 saturated carbocycles. The molecule has 2 aromatic rings. The molecule has 1 aromatic heterocycles. The second-order valence-electron chi connectivity index (χ2n) is 4.56. The average molecular weight is 381 g/mol. The van der Waals surface area contributed by atoms with Crippen LogP contribution in [0.15, 0.2) is 46.5 Å². The van der Waals surface area contributed by atoms with Gasteiger partial charge in [0, 0.05) is 23.2 Å². The van der Waals surface area contributed by atoms with Crippen LogP contribution in [0.25, 0.3) is 0 Å². The second-order valence-corrected chi connectivity index (χ2v) is 6.47. The van der Waals surface area contributed by atoms with Gasteiger partial charge in [-0.1, -0.05) is 30.0 Å². The lowest BCUT2D eigenvalue weighted by molar-refractivity contribution is -0.115. The first kappa shape index (κ1) is 16.8. The molecule has 5 nitrogen and oxygen atoms in total. The van der Waals surface area contributed by atoms with E-state index >= 15 is 0 Å². The summed E-state index contributed by atoms with van der Waals surface area (Å²) >= 11 is 4.93. The van der Waals surface area contributed by atoms with Crippen LogP contribution in [0.2, 0.25) is 0 Å². The van der Waals surface area contributed by atoms with Gasteiger partial charge in [-0.05, 0) is 35.0 Å². The molecule has 0 aliphatic carbocycles. The summed E-state index contributed by atoms with van der Waals surface area (Å²) in [5, 5.41) is 11.9. The van der Waals surface area contributed by atoms with Gasteiger partial charge >= 0.3 is 0 Å². The van der Waals surface area contributed by atoms with Crippen LogP contribution in [-0.4, -0.2) is 26.4 Å². The van der Waals surface area contributed by atoms with Gasteiger partial charge in [0.2, 0.25) is 5.91 Å². The van der Waals surface area contributed by atoms with Crippen LogP contribution in [-0.2, 0) is 11.3 Å². The van der Waals surface area contributed by atoms with E-state index < -0.39 is 0 Å². The molecule has 0 atom stereocenters. The van der Waals surface area contributed by atoms with E-state index in [1.54, 1.807) is 6.08 Å². The molecule has 1 aromatic carbocycles. The first-order valence-corrected chi connectivity index (χ1v) is 8.57. The Bertz CT molecular complexity index is 671. The first-order valence-electron chi connectivity index (χ1n) is 6.79. The summed E-state index contributed by atoms with van der Waals surface area (Å²) < 4.78 is 2.85. The number of para-hydroxylation sites is 1. The van der Waals surface area contributed by atoms with Crippen LogP contribution in [0.4, 0.5) is 5.69 Å². The number of benzene rings is 1. The highest BCUT2D eigenvalue weighted by atomic mass is 79.9. The smallest absolute Gasteiger partial charge is 0.225 e. The maximum absolute atomic E-state index is 12.0. The van der Waals surface area contributed by atoms with Crippen LogP contribution in [0.3, 0.4) is 0 Å². The fourth-order valence-corrected chi connectivity index (χ4v) is 3.13. The number of hydrogen-bond donors (Lipinski definition) is 1. The van der Waals surface area contributed by atoms with Crippen molar-refractivity contribution in [1.82, 2.24) is 14.8 Å². The van der Waals surface area contributed by atoms with Crippen molar-refractivity contribution in [3.05, 3.63) is 47.2 Å². The van der Waals surface area contributed by atoms with Gasteiger partial charge in [0.05, 0.1) is 5.69 Å². The molecule has 0 fully saturated rings. The van der Waals surface area contributed by atoms with E-state index in [-0.39, 0.29) is 5.91 Å². The van der Waals surface area contributed by atoms with Crippen molar-refractivity contribution < 1.29 is 4.79 Å².